The van der Waals surface area contributed by atoms with E-state index in [1.165, 1.54) is 29.6 Å². The van der Waals surface area contributed by atoms with Crippen LogP contribution in [0.4, 0.5) is 0 Å². The third kappa shape index (κ3) is 4.95. The Morgan fingerprint density at radius 1 is 1.13 bits per heavy atom. The van der Waals surface area contributed by atoms with Crippen molar-refractivity contribution < 1.29 is 22.7 Å². The summed E-state index contributed by atoms with van der Waals surface area (Å²) in [5, 5.41) is 2.72. The molecule has 9 heteroatoms. The smallest absolute Gasteiger partial charge is 0.251 e. The summed E-state index contributed by atoms with van der Waals surface area (Å²) >= 11 is 0. The predicted molar refractivity (Wildman–Crippen MR) is 113 cm³/mol. The van der Waals surface area contributed by atoms with Crippen LogP contribution in [0, 0.1) is 0 Å². The summed E-state index contributed by atoms with van der Waals surface area (Å²) in [4.78, 5) is 26.5. The van der Waals surface area contributed by atoms with Crippen LogP contribution >= 0.6 is 0 Å². The second kappa shape index (κ2) is 9.78. The number of nitrogens with one attached hydrogen (secondary N) is 1. The summed E-state index contributed by atoms with van der Waals surface area (Å²) in [6.07, 6.45) is 4.92. The first-order valence-electron chi connectivity index (χ1n) is 10.6. The fourth-order valence-corrected chi connectivity index (χ4v) is 5.97. The molecule has 1 aromatic carbocycles. The zero-order valence-corrected chi connectivity index (χ0v) is 18.5. The number of nitrogens with zero attached hydrogens (tertiary/aromatic N) is 2. The Labute approximate surface area is 178 Å². The second-order valence-electron chi connectivity index (χ2n) is 7.92. The summed E-state index contributed by atoms with van der Waals surface area (Å²) in [5.41, 5.74) is 0.229. The number of ether oxygens (including phenoxy) is 1. The van der Waals surface area contributed by atoms with Gasteiger partial charge in [-0.3, -0.25) is 9.59 Å². The van der Waals surface area contributed by atoms with Crippen molar-refractivity contribution in [2.45, 2.75) is 56.4 Å². The van der Waals surface area contributed by atoms with Gasteiger partial charge in [0, 0.05) is 44.2 Å². The molecule has 2 saturated heterocycles. The molecule has 2 aliphatic rings. The van der Waals surface area contributed by atoms with Crippen molar-refractivity contribution in [2.75, 3.05) is 33.3 Å². The Balaban J connectivity index is 1.71. The number of piperidine rings is 1. The molecule has 2 amide bonds. The maximum atomic E-state index is 13.3. The van der Waals surface area contributed by atoms with E-state index >= 15 is 0 Å². The molecular weight excluding hydrogens is 406 g/mol. The summed E-state index contributed by atoms with van der Waals surface area (Å²) in [6, 6.07) is 4.32. The van der Waals surface area contributed by atoms with Crippen molar-refractivity contribution in [2.24, 2.45) is 0 Å². The van der Waals surface area contributed by atoms with Gasteiger partial charge in [-0.05, 0) is 50.8 Å². The first-order valence-corrected chi connectivity index (χ1v) is 12.0. The van der Waals surface area contributed by atoms with E-state index in [1.807, 2.05) is 11.8 Å². The summed E-state index contributed by atoms with van der Waals surface area (Å²) in [5.74, 6) is -0.159. The van der Waals surface area contributed by atoms with Gasteiger partial charge in [-0.25, -0.2) is 8.42 Å². The molecule has 1 unspecified atom stereocenters. The molecule has 0 aromatic heterocycles. The van der Waals surface area contributed by atoms with Crippen LogP contribution in [0.2, 0.25) is 0 Å². The van der Waals surface area contributed by atoms with Crippen LogP contribution in [-0.2, 0) is 14.8 Å². The Morgan fingerprint density at radius 3 is 2.50 bits per heavy atom. The highest BCUT2D eigenvalue weighted by Crippen LogP contribution is 2.31. The molecule has 3 rings (SSSR count). The van der Waals surface area contributed by atoms with Crippen molar-refractivity contribution in [1.82, 2.24) is 14.5 Å². The van der Waals surface area contributed by atoms with Gasteiger partial charge in [0.25, 0.3) is 5.91 Å². The van der Waals surface area contributed by atoms with E-state index in [2.05, 4.69) is 5.32 Å². The number of methoxy groups -OCH3 is 1. The molecule has 0 aliphatic carbocycles. The Bertz CT molecular complexity index is 881. The van der Waals surface area contributed by atoms with Crippen molar-refractivity contribution in [1.29, 1.82) is 0 Å². The standard InChI is InChI=1S/C21H31N3O5S/c1-16-7-3-4-14-24(16)30(27,28)19-15-17(8-9-18(19)29-2)21(26)22-11-10-20(25)23-12-5-6-13-23/h8-9,15-16H,3-7,10-14H2,1-2H3,(H,22,26). The number of amides is 2. The molecule has 1 atom stereocenters. The fourth-order valence-electron chi connectivity index (χ4n) is 4.08. The number of carbonyl (C=O) groups is 2. The largest absolute Gasteiger partial charge is 0.495 e. The van der Waals surface area contributed by atoms with E-state index in [1.54, 1.807) is 0 Å². The molecule has 30 heavy (non-hydrogen) atoms. The predicted octanol–water partition coefficient (Wildman–Crippen LogP) is 2.00. The third-order valence-corrected chi connectivity index (χ3v) is 7.87. The molecule has 8 nitrogen and oxygen atoms in total. The van der Waals surface area contributed by atoms with Crippen LogP contribution < -0.4 is 10.1 Å². The number of carbonyl (C=O) groups excluding carboxylic acids is 2. The lowest BCUT2D eigenvalue weighted by atomic mass is 10.1. The quantitative estimate of drug-likeness (QED) is 0.704. The molecule has 2 fully saturated rings. The van der Waals surface area contributed by atoms with Gasteiger partial charge in [0.05, 0.1) is 7.11 Å². The first kappa shape index (κ1) is 22.6. The van der Waals surface area contributed by atoms with E-state index in [0.29, 0.717) is 6.54 Å². The average Bonchev–Trinajstić information content (AvgIpc) is 3.28. The molecule has 0 saturated carbocycles. The Morgan fingerprint density at radius 2 is 1.83 bits per heavy atom. The summed E-state index contributed by atoms with van der Waals surface area (Å²) in [7, 11) is -2.37. The Hall–Kier alpha value is -2.13. The molecule has 0 spiro atoms. The van der Waals surface area contributed by atoms with E-state index in [9.17, 15) is 18.0 Å². The second-order valence-corrected chi connectivity index (χ2v) is 9.78. The number of benzene rings is 1. The summed E-state index contributed by atoms with van der Waals surface area (Å²) in [6.45, 7) is 4.13. The van der Waals surface area contributed by atoms with Gasteiger partial charge in [0.15, 0.2) is 0 Å². The molecule has 2 aliphatic heterocycles. The lowest BCUT2D eigenvalue weighted by molar-refractivity contribution is -0.129. The van der Waals surface area contributed by atoms with Gasteiger partial charge in [0.1, 0.15) is 10.6 Å². The average molecular weight is 438 g/mol. The molecular formula is C21H31N3O5S. The molecule has 2 heterocycles. The molecule has 0 radical (unpaired) electrons. The van der Waals surface area contributed by atoms with Crippen LogP contribution in [0.25, 0.3) is 0 Å². The molecule has 1 N–H and O–H groups in total. The monoisotopic (exact) mass is 437 g/mol. The SMILES string of the molecule is COc1ccc(C(=O)NCCC(=O)N2CCCC2)cc1S(=O)(=O)N1CCCCC1C. The maximum Gasteiger partial charge on any atom is 0.251 e. The lowest BCUT2D eigenvalue weighted by Crippen LogP contribution is -2.42. The highest BCUT2D eigenvalue weighted by Gasteiger charge is 2.33. The van der Waals surface area contributed by atoms with E-state index in [0.717, 1.165) is 45.2 Å². The van der Waals surface area contributed by atoms with Gasteiger partial charge < -0.3 is 15.0 Å². The zero-order valence-electron chi connectivity index (χ0n) is 17.7. The minimum absolute atomic E-state index is 0.000423. The van der Waals surface area contributed by atoms with Crippen molar-refractivity contribution >= 4 is 21.8 Å². The molecule has 0 bridgehead atoms. The lowest BCUT2D eigenvalue weighted by Gasteiger charge is -2.32. The minimum atomic E-state index is -3.79. The van der Waals surface area contributed by atoms with Gasteiger partial charge in [-0.15, -0.1) is 0 Å². The normalized spacial score (nSPS) is 20.2. The van der Waals surface area contributed by atoms with Crippen LogP contribution in [0.3, 0.4) is 0 Å². The van der Waals surface area contributed by atoms with E-state index in [4.69, 9.17) is 4.74 Å². The highest BCUT2D eigenvalue weighted by molar-refractivity contribution is 7.89. The van der Waals surface area contributed by atoms with Crippen molar-refractivity contribution in [3.8, 4) is 5.75 Å². The minimum Gasteiger partial charge on any atom is -0.495 e. The maximum absolute atomic E-state index is 13.3. The van der Waals surface area contributed by atoms with Gasteiger partial charge in [-0.2, -0.15) is 4.31 Å². The zero-order chi connectivity index (χ0) is 21.7. The number of hydrogen-bond acceptors (Lipinski definition) is 5. The highest BCUT2D eigenvalue weighted by atomic mass is 32.2. The van der Waals surface area contributed by atoms with Crippen molar-refractivity contribution in [3.05, 3.63) is 23.8 Å². The number of hydrogen-bond donors (Lipinski definition) is 1. The van der Waals surface area contributed by atoms with Crippen molar-refractivity contribution in [3.63, 3.8) is 0 Å². The van der Waals surface area contributed by atoms with Gasteiger partial charge in [0.2, 0.25) is 15.9 Å². The van der Waals surface area contributed by atoms with Crippen LogP contribution in [-0.4, -0.2) is 68.8 Å². The van der Waals surface area contributed by atoms with Crippen LogP contribution in [0.15, 0.2) is 23.1 Å². The van der Waals surface area contributed by atoms with E-state index in [-0.39, 0.29) is 41.1 Å². The van der Waals surface area contributed by atoms with Gasteiger partial charge >= 0.3 is 0 Å². The summed E-state index contributed by atoms with van der Waals surface area (Å²) < 4.78 is 33.3. The fraction of sp³-hybridized carbons (Fsp3) is 0.619. The topological polar surface area (TPSA) is 96.0 Å². The van der Waals surface area contributed by atoms with E-state index < -0.39 is 15.9 Å². The van der Waals surface area contributed by atoms with Crippen LogP contribution in [0.5, 0.6) is 5.75 Å². The number of likely N-dealkylation sites (tertiary alicyclic amines) is 1. The third-order valence-electron chi connectivity index (χ3n) is 5.84. The number of sulfonamides is 1. The Kier molecular flexibility index (Phi) is 7.36. The van der Waals surface area contributed by atoms with Gasteiger partial charge in [-0.1, -0.05) is 6.42 Å². The van der Waals surface area contributed by atoms with Crippen LogP contribution in [0.1, 0.15) is 55.8 Å². The molecule has 1 aromatic rings. The molecule has 166 valence electrons. The first-order chi connectivity index (χ1) is 14.3. The number of rotatable bonds is 7.